The van der Waals surface area contributed by atoms with Crippen LogP contribution in [0.1, 0.15) is 37.7 Å². The second-order valence-corrected chi connectivity index (χ2v) is 7.97. The van der Waals surface area contributed by atoms with E-state index >= 15 is 0 Å². The number of carboxylic acid groups (broad SMARTS) is 2. The molecule has 0 aliphatic carbocycles. The predicted molar refractivity (Wildman–Crippen MR) is 122 cm³/mol. The number of primary amides is 1. The molecule has 4 N–H and O–H groups in total. The number of benzene rings is 2. The van der Waals surface area contributed by atoms with Crippen LogP contribution in [0.4, 0.5) is 0 Å². The minimum atomic E-state index is -1.43. The first-order chi connectivity index (χ1) is 16.7. The molecule has 0 saturated carbocycles. The number of carbonyl (C=O) groups is 5. The van der Waals surface area contributed by atoms with Gasteiger partial charge in [0.15, 0.2) is 0 Å². The van der Waals surface area contributed by atoms with Gasteiger partial charge in [-0.2, -0.15) is 0 Å². The fraction of sp³-hybridized carbons (Fsp3) is 0.320. The van der Waals surface area contributed by atoms with Crippen molar-refractivity contribution in [2.24, 2.45) is 5.73 Å². The lowest BCUT2D eigenvalue weighted by Crippen LogP contribution is -2.53. The lowest BCUT2D eigenvalue weighted by atomic mass is 10.0. The molecular formula is C25H27N3O7-2. The molecule has 0 spiro atoms. The van der Waals surface area contributed by atoms with Gasteiger partial charge in [-0.3, -0.25) is 14.4 Å². The quantitative estimate of drug-likeness (QED) is 0.303. The molecule has 2 aromatic rings. The Bertz CT molecular complexity index is 1040. The van der Waals surface area contributed by atoms with Crippen molar-refractivity contribution in [3.05, 3.63) is 60.2 Å². The van der Waals surface area contributed by atoms with Gasteiger partial charge in [0.1, 0.15) is 12.1 Å². The summed E-state index contributed by atoms with van der Waals surface area (Å²) in [5.74, 6) is -5.17. The number of hydrogen-bond acceptors (Lipinski definition) is 7. The van der Waals surface area contributed by atoms with E-state index in [1.54, 1.807) is 0 Å². The van der Waals surface area contributed by atoms with Crippen LogP contribution >= 0.6 is 0 Å². The lowest BCUT2D eigenvalue weighted by Gasteiger charge is -2.22. The summed E-state index contributed by atoms with van der Waals surface area (Å²) in [5.41, 5.74) is 8.18. The second-order valence-electron chi connectivity index (χ2n) is 7.97. The molecule has 2 aromatic carbocycles. The molecule has 0 bridgehead atoms. The fourth-order valence-corrected chi connectivity index (χ4v) is 3.37. The zero-order chi connectivity index (χ0) is 25.8. The number of nitrogens with one attached hydrogen (secondary N) is 2. The Morgan fingerprint density at radius 2 is 1.26 bits per heavy atom. The third-order valence-electron chi connectivity index (χ3n) is 5.29. The van der Waals surface area contributed by atoms with Crippen molar-refractivity contribution in [1.29, 1.82) is 0 Å². The van der Waals surface area contributed by atoms with Crippen molar-refractivity contribution < 1.29 is 34.2 Å². The number of hydrogen-bond donors (Lipinski definition) is 3. The van der Waals surface area contributed by atoms with Gasteiger partial charge in [0, 0.05) is 18.4 Å². The summed E-state index contributed by atoms with van der Waals surface area (Å²) in [6, 6.07) is 14.9. The zero-order valence-corrected chi connectivity index (χ0v) is 19.0. The Kier molecular flexibility index (Phi) is 10.4. The van der Waals surface area contributed by atoms with Gasteiger partial charge in [0.25, 0.3) is 0 Å². The number of rotatable bonds is 14. The molecule has 0 aromatic heterocycles. The highest BCUT2D eigenvalue weighted by Gasteiger charge is 2.25. The Balaban J connectivity index is 1.96. The summed E-state index contributed by atoms with van der Waals surface area (Å²) >= 11 is 0. The fourth-order valence-electron chi connectivity index (χ4n) is 3.37. The van der Waals surface area contributed by atoms with Crippen molar-refractivity contribution in [3.63, 3.8) is 0 Å². The number of aliphatic carboxylic acids is 2. The van der Waals surface area contributed by atoms with Crippen LogP contribution in [0.15, 0.2) is 54.6 Å². The van der Waals surface area contributed by atoms with Gasteiger partial charge in [-0.25, -0.2) is 0 Å². The molecule has 0 fully saturated rings. The van der Waals surface area contributed by atoms with E-state index in [0.29, 0.717) is 6.42 Å². The molecule has 0 radical (unpaired) electrons. The summed E-state index contributed by atoms with van der Waals surface area (Å²) < 4.78 is 0. The minimum absolute atomic E-state index is 0.0315. The van der Waals surface area contributed by atoms with Crippen LogP contribution < -0.4 is 26.6 Å². The first kappa shape index (κ1) is 27.0. The Labute approximate surface area is 202 Å². The van der Waals surface area contributed by atoms with Crippen molar-refractivity contribution >= 4 is 29.7 Å². The SMILES string of the molecule is NC(=O)[C@H](CCC(=O)[O-])NC(=O)[C@H](CCC(=O)[O-])NC(=O)CCc1ccc(-c2ccccc2)cc1. The van der Waals surface area contributed by atoms with Crippen molar-refractivity contribution in [3.8, 4) is 11.1 Å². The maximum absolute atomic E-state index is 12.6. The average molecular weight is 482 g/mol. The normalized spacial score (nSPS) is 12.2. The molecule has 10 nitrogen and oxygen atoms in total. The smallest absolute Gasteiger partial charge is 0.243 e. The monoisotopic (exact) mass is 481 g/mol. The van der Waals surface area contributed by atoms with E-state index in [1.165, 1.54) is 0 Å². The standard InChI is InChI=1S/C25H29N3O7/c26-24(34)19(11-14-22(30)31)28-25(35)20(12-15-23(32)33)27-21(29)13-8-16-6-9-18(10-7-16)17-4-2-1-3-5-17/h1-7,9-10,19-20H,8,11-15H2,(H2,26,34)(H,27,29)(H,28,35)(H,30,31)(H,32,33)/p-2/t19-,20-/m0/s1. The van der Waals surface area contributed by atoms with E-state index in [4.69, 9.17) is 5.73 Å². The van der Waals surface area contributed by atoms with E-state index in [-0.39, 0.29) is 19.3 Å². The lowest BCUT2D eigenvalue weighted by molar-refractivity contribution is -0.307. The molecule has 35 heavy (non-hydrogen) atoms. The molecule has 2 rings (SSSR count). The maximum atomic E-state index is 12.6. The van der Waals surface area contributed by atoms with E-state index in [1.807, 2.05) is 54.6 Å². The Hall–Kier alpha value is -4.21. The van der Waals surface area contributed by atoms with Crippen molar-refractivity contribution in [2.45, 2.75) is 50.6 Å². The number of nitrogens with two attached hydrogens (primary N) is 1. The van der Waals surface area contributed by atoms with Crippen LogP contribution in [0.2, 0.25) is 0 Å². The summed E-state index contributed by atoms with van der Waals surface area (Å²) in [6.45, 7) is 0. The van der Waals surface area contributed by atoms with Gasteiger partial charge < -0.3 is 36.2 Å². The predicted octanol–water partition coefficient (Wildman–Crippen LogP) is -1.20. The van der Waals surface area contributed by atoms with E-state index < -0.39 is 54.6 Å². The van der Waals surface area contributed by atoms with Gasteiger partial charge in [0.05, 0.1) is 0 Å². The molecule has 10 heteroatoms. The number of amides is 3. The average Bonchev–Trinajstić information content (AvgIpc) is 2.83. The zero-order valence-electron chi connectivity index (χ0n) is 19.0. The van der Waals surface area contributed by atoms with Crippen molar-refractivity contribution in [2.75, 3.05) is 0 Å². The van der Waals surface area contributed by atoms with Gasteiger partial charge in [-0.1, -0.05) is 54.6 Å². The van der Waals surface area contributed by atoms with Crippen LogP contribution in [0.3, 0.4) is 0 Å². The molecule has 0 saturated heterocycles. The highest BCUT2D eigenvalue weighted by atomic mass is 16.4. The van der Waals surface area contributed by atoms with Crippen LogP contribution in [-0.4, -0.2) is 41.7 Å². The van der Waals surface area contributed by atoms with Gasteiger partial charge in [0.2, 0.25) is 17.7 Å². The molecule has 0 heterocycles. The molecular weight excluding hydrogens is 454 g/mol. The Morgan fingerprint density at radius 1 is 0.714 bits per heavy atom. The van der Waals surface area contributed by atoms with E-state index in [2.05, 4.69) is 10.6 Å². The molecule has 186 valence electrons. The minimum Gasteiger partial charge on any atom is -0.550 e. The number of carbonyl (C=O) groups excluding carboxylic acids is 5. The van der Waals surface area contributed by atoms with Crippen LogP contribution in [0.5, 0.6) is 0 Å². The van der Waals surface area contributed by atoms with Gasteiger partial charge >= 0.3 is 0 Å². The third-order valence-corrected chi connectivity index (χ3v) is 5.29. The molecule has 0 aliphatic rings. The molecule has 0 unspecified atom stereocenters. The molecule has 3 amide bonds. The maximum Gasteiger partial charge on any atom is 0.243 e. The Morgan fingerprint density at radius 3 is 1.80 bits per heavy atom. The van der Waals surface area contributed by atoms with Crippen LogP contribution in [-0.2, 0) is 30.4 Å². The second kappa shape index (κ2) is 13.5. The largest absolute Gasteiger partial charge is 0.550 e. The first-order valence-corrected chi connectivity index (χ1v) is 11.1. The summed E-state index contributed by atoms with van der Waals surface area (Å²) in [6.07, 6.45) is -1.21. The topological polar surface area (TPSA) is 182 Å². The summed E-state index contributed by atoms with van der Waals surface area (Å²) in [7, 11) is 0. The van der Waals surface area contributed by atoms with Crippen LogP contribution in [0.25, 0.3) is 11.1 Å². The van der Waals surface area contributed by atoms with Gasteiger partial charge in [-0.05, 0) is 48.8 Å². The number of carboxylic acids is 2. The third kappa shape index (κ3) is 9.66. The first-order valence-electron chi connectivity index (χ1n) is 11.1. The molecule has 2 atom stereocenters. The van der Waals surface area contributed by atoms with Gasteiger partial charge in [-0.15, -0.1) is 0 Å². The van der Waals surface area contributed by atoms with E-state index in [0.717, 1.165) is 16.7 Å². The van der Waals surface area contributed by atoms with Crippen molar-refractivity contribution in [1.82, 2.24) is 10.6 Å². The molecule has 0 aliphatic heterocycles. The van der Waals surface area contributed by atoms with Crippen LogP contribution in [0, 0.1) is 0 Å². The number of aryl methyl sites for hydroxylation is 1. The summed E-state index contributed by atoms with van der Waals surface area (Å²) in [4.78, 5) is 58.1. The highest BCUT2D eigenvalue weighted by Crippen LogP contribution is 2.19. The highest BCUT2D eigenvalue weighted by molar-refractivity contribution is 5.92. The van der Waals surface area contributed by atoms with E-state index in [9.17, 15) is 34.2 Å². The summed E-state index contributed by atoms with van der Waals surface area (Å²) in [5, 5.41) is 26.2.